The van der Waals surface area contributed by atoms with Crippen LogP contribution in [0.3, 0.4) is 0 Å². The molecule has 0 N–H and O–H groups in total. The van der Waals surface area contributed by atoms with Crippen LogP contribution in [0.1, 0.15) is 56.1 Å². The highest BCUT2D eigenvalue weighted by atomic mass is 32.2. The zero-order valence-electron chi connectivity index (χ0n) is 11.9. The second-order valence-electron chi connectivity index (χ2n) is 5.40. The Morgan fingerprint density at radius 3 is 1.32 bits per heavy atom. The molecule has 3 rings (SSSR count). The van der Waals surface area contributed by atoms with Gasteiger partial charge in [0.15, 0.2) is 0 Å². The van der Waals surface area contributed by atoms with Crippen molar-refractivity contribution in [1.29, 1.82) is 0 Å². The first-order valence-corrected chi connectivity index (χ1v) is 9.99. The van der Waals surface area contributed by atoms with Crippen molar-refractivity contribution < 1.29 is 0 Å². The van der Waals surface area contributed by atoms with E-state index in [0.29, 0.717) is 0 Å². The van der Waals surface area contributed by atoms with Crippen molar-refractivity contribution >= 4 is 23.5 Å². The summed E-state index contributed by atoms with van der Waals surface area (Å²) >= 11 is 4.19. The maximum Gasteiger partial charge on any atom is 0.0184 e. The summed E-state index contributed by atoms with van der Waals surface area (Å²) < 4.78 is 0. The minimum absolute atomic E-state index is 1.19. The Balaban J connectivity index is 1.81. The second kappa shape index (κ2) is 9.77. The van der Waals surface area contributed by atoms with Gasteiger partial charge in [-0.25, -0.2) is 0 Å². The van der Waals surface area contributed by atoms with Crippen molar-refractivity contribution in [2.24, 2.45) is 0 Å². The molecule has 2 aliphatic heterocycles. The summed E-state index contributed by atoms with van der Waals surface area (Å²) in [5.74, 6) is 5.04. The zero-order valence-corrected chi connectivity index (χ0v) is 13.5. The van der Waals surface area contributed by atoms with E-state index in [-0.39, 0.29) is 0 Å². The van der Waals surface area contributed by atoms with Crippen molar-refractivity contribution in [1.82, 2.24) is 0 Å². The number of hydrogen-bond acceptors (Lipinski definition) is 2. The van der Waals surface area contributed by atoms with Crippen LogP contribution in [0.15, 0.2) is 24.3 Å². The average Bonchev–Trinajstić information content (AvgIpc) is 2.45. The number of hydrogen-bond donors (Lipinski definition) is 0. The summed E-state index contributed by atoms with van der Waals surface area (Å²) in [6.45, 7) is 0. The van der Waals surface area contributed by atoms with Crippen LogP contribution in [0, 0.1) is 0 Å². The number of rotatable bonds is 0. The second-order valence-corrected chi connectivity index (χ2v) is 7.61. The Hall–Kier alpha value is -0.0800. The first kappa shape index (κ1) is 15.3. The van der Waals surface area contributed by atoms with Gasteiger partial charge in [-0.1, -0.05) is 56.4 Å². The normalized spacial score (nSPS) is 20.0. The lowest BCUT2D eigenvalue weighted by molar-refractivity contribution is 0.605. The molecule has 2 bridgehead atoms. The van der Waals surface area contributed by atoms with Gasteiger partial charge < -0.3 is 0 Å². The van der Waals surface area contributed by atoms with Gasteiger partial charge in [0.2, 0.25) is 0 Å². The lowest BCUT2D eigenvalue weighted by Gasteiger charge is -2.04. The summed E-state index contributed by atoms with van der Waals surface area (Å²) in [6, 6.07) is 9.28. The van der Waals surface area contributed by atoms with E-state index in [1.807, 2.05) is 0 Å². The molecule has 2 aliphatic rings. The summed E-state index contributed by atoms with van der Waals surface area (Å²) in [7, 11) is 0. The Morgan fingerprint density at radius 1 is 0.526 bits per heavy atom. The molecule has 0 unspecified atom stereocenters. The molecule has 0 aromatic heterocycles. The molecule has 0 saturated carbocycles. The van der Waals surface area contributed by atoms with E-state index in [0.717, 1.165) is 0 Å². The highest BCUT2D eigenvalue weighted by molar-refractivity contribution is 7.98. The van der Waals surface area contributed by atoms with Crippen LogP contribution in [0.4, 0.5) is 0 Å². The lowest BCUT2D eigenvalue weighted by Crippen LogP contribution is -1.86. The van der Waals surface area contributed by atoms with Gasteiger partial charge >= 0.3 is 0 Å². The van der Waals surface area contributed by atoms with E-state index in [1.165, 1.54) is 79.1 Å². The fourth-order valence-corrected chi connectivity index (χ4v) is 4.37. The molecular formula is C17H26S2. The summed E-state index contributed by atoms with van der Waals surface area (Å²) in [5.41, 5.74) is 2.98. The average molecular weight is 295 g/mol. The molecule has 106 valence electrons. The molecule has 0 nitrogen and oxygen atoms in total. The minimum atomic E-state index is 1.19. The van der Waals surface area contributed by atoms with Gasteiger partial charge in [-0.2, -0.15) is 23.5 Å². The van der Waals surface area contributed by atoms with E-state index in [1.54, 1.807) is 0 Å². The van der Waals surface area contributed by atoms with Crippen LogP contribution in [-0.4, -0.2) is 11.5 Å². The van der Waals surface area contributed by atoms with Gasteiger partial charge in [-0.15, -0.1) is 0 Å². The third-order valence-corrected chi connectivity index (χ3v) is 5.87. The number of benzene rings is 1. The van der Waals surface area contributed by atoms with Gasteiger partial charge in [0.25, 0.3) is 0 Å². The van der Waals surface area contributed by atoms with Crippen LogP contribution < -0.4 is 0 Å². The maximum absolute atomic E-state index is 2.32. The largest absolute Gasteiger partial charge is 0.157 e. The first-order valence-electron chi connectivity index (χ1n) is 7.68. The van der Waals surface area contributed by atoms with E-state index >= 15 is 0 Å². The topological polar surface area (TPSA) is 0 Å². The van der Waals surface area contributed by atoms with Crippen molar-refractivity contribution in [2.75, 3.05) is 11.5 Å². The molecule has 0 atom stereocenters. The Bertz CT molecular complexity index is 299. The van der Waals surface area contributed by atoms with Crippen molar-refractivity contribution in [3.05, 3.63) is 35.4 Å². The van der Waals surface area contributed by atoms with E-state index in [4.69, 9.17) is 0 Å². The van der Waals surface area contributed by atoms with Crippen molar-refractivity contribution in [3.8, 4) is 0 Å². The monoisotopic (exact) mass is 294 g/mol. The molecule has 0 spiro atoms. The molecule has 0 aliphatic carbocycles. The van der Waals surface area contributed by atoms with Crippen LogP contribution in [-0.2, 0) is 11.5 Å². The molecule has 2 heterocycles. The smallest absolute Gasteiger partial charge is 0.0184 e. The highest BCUT2D eigenvalue weighted by Crippen LogP contribution is 2.19. The minimum Gasteiger partial charge on any atom is -0.157 e. The maximum atomic E-state index is 2.32. The molecule has 19 heavy (non-hydrogen) atoms. The van der Waals surface area contributed by atoms with Crippen LogP contribution in [0.5, 0.6) is 0 Å². The van der Waals surface area contributed by atoms with E-state index < -0.39 is 0 Å². The fourth-order valence-electron chi connectivity index (χ4n) is 2.40. The lowest BCUT2D eigenvalue weighted by atomic mass is 10.1. The standard InChI is InChI=1S/C17H26S2/c1-2-4-6-12-18-14-16-8-10-17(11-9-16)15-19-13-7-5-3-1/h8-11H,1-7,12-15H2. The van der Waals surface area contributed by atoms with Crippen LogP contribution in [0.2, 0.25) is 0 Å². The molecule has 0 radical (unpaired) electrons. The van der Waals surface area contributed by atoms with E-state index in [2.05, 4.69) is 47.8 Å². The molecule has 0 amide bonds. The number of thioether (sulfide) groups is 2. The third kappa shape index (κ3) is 6.76. The van der Waals surface area contributed by atoms with E-state index in [9.17, 15) is 0 Å². The SMILES string of the molecule is c1cc2ccc1CSCCCCCCCCCSC2. The Kier molecular flexibility index (Phi) is 7.87. The van der Waals surface area contributed by atoms with Crippen LogP contribution in [0.25, 0.3) is 0 Å². The van der Waals surface area contributed by atoms with Gasteiger partial charge in [0.1, 0.15) is 0 Å². The Labute approximate surface area is 127 Å². The highest BCUT2D eigenvalue weighted by Gasteiger charge is 1.99. The Morgan fingerprint density at radius 2 is 0.895 bits per heavy atom. The quantitative estimate of drug-likeness (QED) is 0.584. The molecule has 0 saturated heterocycles. The fraction of sp³-hybridized carbons (Fsp3) is 0.647. The number of fused-ring (bicyclic) bond motifs is 14. The van der Waals surface area contributed by atoms with Gasteiger partial charge in [-0.3, -0.25) is 0 Å². The zero-order chi connectivity index (χ0) is 13.2. The van der Waals surface area contributed by atoms with Gasteiger partial charge in [0, 0.05) is 11.5 Å². The molecular weight excluding hydrogens is 268 g/mol. The van der Waals surface area contributed by atoms with Crippen molar-refractivity contribution in [2.45, 2.75) is 56.5 Å². The first-order chi connectivity index (χ1) is 9.45. The summed E-state index contributed by atoms with van der Waals surface area (Å²) in [6.07, 6.45) is 10.0. The molecule has 1 aromatic carbocycles. The van der Waals surface area contributed by atoms with Gasteiger partial charge in [0.05, 0.1) is 0 Å². The third-order valence-electron chi connectivity index (χ3n) is 3.64. The summed E-state index contributed by atoms with van der Waals surface area (Å²) in [5, 5.41) is 0. The van der Waals surface area contributed by atoms with Crippen molar-refractivity contribution in [3.63, 3.8) is 0 Å². The van der Waals surface area contributed by atoms with Gasteiger partial charge in [-0.05, 0) is 35.5 Å². The van der Waals surface area contributed by atoms with Crippen LogP contribution >= 0.6 is 23.5 Å². The summed E-state index contributed by atoms with van der Waals surface area (Å²) in [4.78, 5) is 0. The molecule has 0 fully saturated rings. The molecule has 2 heteroatoms. The molecule has 1 aromatic rings. The predicted octanol–water partition coefficient (Wildman–Crippen LogP) is 5.90. The predicted molar refractivity (Wildman–Crippen MR) is 91.1 cm³/mol.